The molecule has 9 nitrogen and oxygen atoms in total. The number of aliphatic hydroxyl groups excluding tert-OH is 1. The lowest BCUT2D eigenvalue weighted by atomic mass is 10.00. The van der Waals surface area contributed by atoms with Gasteiger partial charge in [0.05, 0.1) is 32.9 Å². The molecule has 2 bridgehead atoms. The van der Waals surface area contributed by atoms with Crippen molar-refractivity contribution in [1.29, 1.82) is 0 Å². The number of nitrogens with zero attached hydrogens (tertiary/aromatic N) is 1. The Morgan fingerprint density at radius 2 is 1.58 bits per heavy atom. The molecule has 0 aliphatic carbocycles. The molecule has 2 heterocycles. The van der Waals surface area contributed by atoms with E-state index in [2.05, 4.69) is 0 Å². The first kappa shape index (κ1) is 25.5. The van der Waals surface area contributed by atoms with Crippen LogP contribution in [-0.4, -0.2) is 80.7 Å². The topological polar surface area (TPSA) is 104 Å². The number of carbonyl (C=O) groups excluding carboxylic acids is 2. The van der Waals surface area contributed by atoms with Gasteiger partial charge in [0.15, 0.2) is 11.5 Å². The molecule has 0 spiro atoms. The van der Waals surface area contributed by atoms with Gasteiger partial charge in [-0.25, -0.2) is 9.59 Å². The first-order valence-corrected chi connectivity index (χ1v) is 11.7. The average Bonchev–Trinajstić information content (AvgIpc) is 3.01. The molecular weight excluding hydrogens is 466 g/mol. The molecule has 36 heavy (non-hydrogen) atoms. The van der Waals surface area contributed by atoms with Crippen LogP contribution in [0.2, 0.25) is 0 Å². The van der Waals surface area contributed by atoms with E-state index in [1.54, 1.807) is 42.5 Å². The molecule has 0 saturated carbocycles. The highest BCUT2D eigenvalue weighted by Gasteiger charge is 2.53. The average molecular weight is 498 g/mol. The van der Waals surface area contributed by atoms with Gasteiger partial charge in [0.2, 0.25) is 5.75 Å². The number of fused-ring (bicyclic) bond motifs is 2. The first-order chi connectivity index (χ1) is 17.4. The maximum Gasteiger partial charge on any atom is 0.338 e. The van der Waals surface area contributed by atoms with Gasteiger partial charge in [-0.3, -0.25) is 4.90 Å². The van der Waals surface area contributed by atoms with Crippen molar-refractivity contribution in [2.45, 2.75) is 43.2 Å². The predicted molar refractivity (Wildman–Crippen MR) is 131 cm³/mol. The van der Waals surface area contributed by atoms with Crippen LogP contribution in [0.4, 0.5) is 0 Å². The summed E-state index contributed by atoms with van der Waals surface area (Å²) in [6.07, 6.45) is 1.85. The number of rotatable bonds is 8. The van der Waals surface area contributed by atoms with Gasteiger partial charge in [0, 0.05) is 25.0 Å². The van der Waals surface area contributed by atoms with Crippen molar-refractivity contribution in [3.63, 3.8) is 0 Å². The Bertz CT molecular complexity index is 1090. The Kier molecular flexibility index (Phi) is 7.81. The van der Waals surface area contributed by atoms with E-state index < -0.39 is 30.3 Å². The van der Waals surface area contributed by atoms with Crippen LogP contribution < -0.4 is 14.2 Å². The second kappa shape index (κ2) is 11.0. The van der Waals surface area contributed by atoms with Crippen molar-refractivity contribution in [2.75, 3.05) is 28.4 Å². The number of benzene rings is 2. The van der Waals surface area contributed by atoms with Crippen LogP contribution in [-0.2, 0) is 14.3 Å². The van der Waals surface area contributed by atoms with Crippen LogP contribution in [0.15, 0.2) is 48.5 Å². The molecular formula is C27H31NO8. The minimum Gasteiger partial charge on any atom is -0.493 e. The quantitative estimate of drug-likeness (QED) is 0.435. The highest BCUT2D eigenvalue weighted by molar-refractivity contribution is 5.89. The minimum atomic E-state index is -0.869. The van der Waals surface area contributed by atoms with Crippen molar-refractivity contribution < 1.29 is 38.4 Å². The molecule has 2 aromatic carbocycles. The summed E-state index contributed by atoms with van der Waals surface area (Å²) in [5, 5.41) is 10.9. The lowest BCUT2D eigenvalue weighted by molar-refractivity contribution is -0.146. The van der Waals surface area contributed by atoms with Gasteiger partial charge in [-0.2, -0.15) is 0 Å². The minimum absolute atomic E-state index is 0.261. The van der Waals surface area contributed by atoms with Crippen molar-refractivity contribution in [1.82, 2.24) is 4.90 Å². The molecule has 5 atom stereocenters. The molecule has 2 aromatic rings. The maximum atomic E-state index is 12.6. The Morgan fingerprint density at radius 1 is 0.944 bits per heavy atom. The monoisotopic (exact) mass is 497 g/mol. The number of piperidine rings is 1. The molecule has 2 saturated heterocycles. The summed E-state index contributed by atoms with van der Waals surface area (Å²) in [6, 6.07) is 11.6. The van der Waals surface area contributed by atoms with E-state index in [1.807, 2.05) is 18.0 Å². The third kappa shape index (κ3) is 5.17. The summed E-state index contributed by atoms with van der Waals surface area (Å²) in [6.45, 7) is 0. The zero-order valence-electron chi connectivity index (χ0n) is 20.7. The molecule has 2 aliphatic heterocycles. The Morgan fingerprint density at radius 3 is 2.19 bits per heavy atom. The van der Waals surface area contributed by atoms with Crippen LogP contribution >= 0.6 is 0 Å². The van der Waals surface area contributed by atoms with Gasteiger partial charge >= 0.3 is 11.9 Å². The molecule has 9 heteroatoms. The predicted octanol–water partition coefficient (Wildman–Crippen LogP) is 2.70. The summed E-state index contributed by atoms with van der Waals surface area (Å²) in [5.74, 6) is 0.415. The highest BCUT2D eigenvalue weighted by Crippen LogP contribution is 2.39. The van der Waals surface area contributed by atoms with Crippen LogP contribution in [0.25, 0.3) is 6.08 Å². The van der Waals surface area contributed by atoms with Crippen LogP contribution in [0, 0.1) is 0 Å². The smallest absolute Gasteiger partial charge is 0.338 e. The number of aliphatic hydroxyl groups is 1. The first-order valence-electron chi connectivity index (χ1n) is 11.7. The van der Waals surface area contributed by atoms with Gasteiger partial charge in [-0.1, -0.05) is 18.2 Å². The van der Waals surface area contributed by atoms with Crippen molar-refractivity contribution in [3.05, 3.63) is 59.7 Å². The van der Waals surface area contributed by atoms with E-state index in [-0.39, 0.29) is 12.1 Å². The van der Waals surface area contributed by atoms with Gasteiger partial charge in [0.25, 0.3) is 0 Å². The van der Waals surface area contributed by atoms with E-state index in [1.165, 1.54) is 27.4 Å². The lowest BCUT2D eigenvalue weighted by Crippen LogP contribution is -2.46. The van der Waals surface area contributed by atoms with Crippen molar-refractivity contribution in [2.24, 2.45) is 0 Å². The molecule has 2 fully saturated rings. The van der Waals surface area contributed by atoms with Crippen LogP contribution in [0.1, 0.15) is 28.8 Å². The molecule has 1 N–H and O–H groups in total. The third-order valence-electron chi connectivity index (χ3n) is 6.80. The normalized spacial score (nSPS) is 25.4. The SMILES string of the molecule is COc1cc(/C=C/C(=O)O[C@@H]2C[C@@H]3[C@@H](OC(=O)c4ccccc4)[C@@H](O)[C@H](C2)N3C)cc(OC)c1OC. The Balaban J connectivity index is 1.41. The second-order valence-electron chi connectivity index (χ2n) is 8.85. The van der Waals surface area contributed by atoms with Crippen LogP contribution in [0.5, 0.6) is 17.2 Å². The highest BCUT2D eigenvalue weighted by atomic mass is 16.6. The molecule has 192 valence electrons. The number of likely N-dealkylation sites (N-methyl/N-ethyl adjacent to an activating group) is 1. The summed E-state index contributed by atoms with van der Waals surface area (Å²) in [7, 11) is 6.45. The van der Waals surface area contributed by atoms with Gasteiger partial charge in [-0.05, 0) is 43.0 Å². The maximum absolute atomic E-state index is 12.6. The number of esters is 2. The number of methoxy groups -OCH3 is 3. The zero-order valence-corrected chi connectivity index (χ0v) is 20.7. The number of carbonyl (C=O) groups is 2. The van der Waals surface area contributed by atoms with Gasteiger partial charge in [0.1, 0.15) is 18.3 Å². The van der Waals surface area contributed by atoms with E-state index >= 15 is 0 Å². The summed E-state index contributed by atoms with van der Waals surface area (Å²) in [5.41, 5.74) is 1.10. The number of ether oxygens (including phenoxy) is 5. The molecule has 2 aliphatic rings. The van der Waals surface area contributed by atoms with Gasteiger partial charge in [-0.15, -0.1) is 0 Å². The van der Waals surface area contributed by atoms with E-state index in [4.69, 9.17) is 23.7 Å². The summed E-state index contributed by atoms with van der Waals surface area (Å²) in [4.78, 5) is 27.2. The van der Waals surface area contributed by atoms with Gasteiger partial charge < -0.3 is 28.8 Å². The van der Waals surface area contributed by atoms with Crippen LogP contribution in [0.3, 0.4) is 0 Å². The molecule has 4 rings (SSSR count). The zero-order chi connectivity index (χ0) is 25.8. The lowest BCUT2D eigenvalue weighted by Gasteiger charge is -2.35. The Labute approximate surface area is 210 Å². The van der Waals surface area contributed by atoms with Crippen molar-refractivity contribution >= 4 is 18.0 Å². The Hall–Kier alpha value is -3.56. The number of hydrogen-bond donors (Lipinski definition) is 1. The van der Waals surface area contributed by atoms with E-state index in [0.29, 0.717) is 41.2 Å². The number of hydrogen-bond acceptors (Lipinski definition) is 9. The summed E-state index contributed by atoms with van der Waals surface area (Å²) >= 11 is 0. The molecule has 0 unspecified atom stereocenters. The third-order valence-corrected chi connectivity index (χ3v) is 6.80. The van der Waals surface area contributed by atoms with E-state index in [0.717, 1.165) is 0 Å². The fourth-order valence-corrected chi connectivity index (χ4v) is 4.98. The molecule has 0 aromatic heterocycles. The standard InChI is InChI=1S/C27H31NO8/c1-28-19-14-18(15-20(28)25(24(19)30)36-27(31)17-8-6-5-7-9-17)35-23(29)11-10-16-12-21(32-2)26(34-4)22(13-16)33-3/h5-13,18-20,24-25,30H,14-15H2,1-4H3/b11-10+/t18-,19-,20+,24-,25+/m0/s1. The van der Waals surface area contributed by atoms with Crippen molar-refractivity contribution in [3.8, 4) is 17.2 Å². The van der Waals surface area contributed by atoms with E-state index in [9.17, 15) is 14.7 Å². The molecule has 0 radical (unpaired) electrons. The molecule has 0 amide bonds. The summed E-state index contributed by atoms with van der Waals surface area (Å²) < 4.78 is 27.4. The second-order valence-corrected chi connectivity index (χ2v) is 8.85. The fraction of sp³-hybridized carbons (Fsp3) is 0.407. The largest absolute Gasteiger partial charge is 0.493 e. The fourth-order valence-electron chi connectivity index (χ4n) is 4.98.